The summed E-state index contributed by atoms with van der Waals surface area (Å²) < 4.78 is 5.34. The maximum absolute atomic E-state index is 10.5. The zero-order valence-corrected chi connectivity index (χ0v) is 11.9. The van der Waals surface area contributed by atoms with Crippen molar-refractivity contribution in [2.45, 2.75) is 25.4 Å². The summed E-state index contributed by atoms with van der Waals surface area (Å²) in [4.78, 5) is 0. The van der Waals surface area contributed by atoms with Crippen LogP contribution in [-0.4, -0.2) is 12.2 Å². The van der Waals surface area contributed by atoms with Gasteiger partial charge in [-0.05, 0) is 47.9 Å². The summed E-state index contributed by atoms with van der Waals surface area (Å²) in [7, 11) is 1.67. The van der Waals surface area contributed by atoms with Crippen LogP contribution in [0.2, 0.25) is 0 Å². The number of aryl methyl sites for hydroxylation is 1. The van der Waals surface area contributed by atoms with Crippen LogP contribution in [0.5, 0.6) is 5.75 Å². The normalized spacial score (nSPS) is 22.4. The van der Waals surface area contributed by atoms with Gasteiger partial charge in [0.05, 0.1) is 13.2 Å². The van der Waals surface area contributed by atoms with Gasteiger partial charge in [0.15, 0.2) is 0 Å². The van der Waals surface area contributed by atoms with Gasteiger partial charge >= 0.3 is 0 Å². The number of methoxy groups -OCH3 is 1. The second-order valence-electron chi connectivity index (χ2n) is 5.59. The van der Waals surface area contributed by atoms with E-state index in [1.54, 1.807) is 7.11 Å². The van der Waals surface area contributed by atoms with Gasteiger partial charge in [0, 0.05) is 0 Å². The topological polar surface area (TPSA) is 29.5 Å². The van der Waals surface area contributed by atoms with Crippen molar-refractivity contribution in [3.8, 4) is 5.75 Å². The minimum Gasteiger partial charge on any atom is -0.496 e. The smallest absolute Gasteiger partial charge is 0.122 e. The number of hydrogen-bond donors (Lipinski definition) is 1. The number of benzene rings is 2. The zero-order valence-electron chi connectivity index (χ0n) is 11.9. The molecule has 0 saturated heterocycles. The lowest BCUT2D eigenvalue weighted by Gasteiger charge is -2.13. The minimum absolute atomic E-state index is 0.324. The lowest BCUT2D eigenvalue weighted by molar-refractivity contribution is 0.151. The molecule has 2 nitrogen and oxygen atoms in total. The van der Waals surface area contributed by atoms with Gasteiger partial charge < -0.3 is 9.84 Å². The second kappa shape index (κ2) is 5.29. The summed E-state index contributed by atoms with van der Waals surface area (Å²) in [6, 6.07) is 16.4. The third kappa shape index (κ3) is 2.44. The molecule has 2 heteroatoms. The maximum atomic E-state index is 10.5. The van der Waals surface area contributed by atoms with E-state index >= 15 is 0 Å². The summed E-state index contributed by atoms with van der Waals surface area (Å²) >= 11 is 0. The van der Waals surface area contributed by atoms with Crippen LogP contribution < -0.4 is 4.74 Å². The van der Waals surface area contributed by atoms with Crippen LogP contribution in [-0.2, 0) is 0 Å². The first-order chi connectivity index (χ1) is 9.70. The van der Waals surface area contributed by atoms with E-state index in [1.807, 2.05) is 31.2 Å². The van der Waals surface area contributed by atoms with Crippen molar-refractivity contribution in [1.82, 2.24) is 0 Å². The minimum atomic E-state index is -0.408. The maximum Gasteiger partial charge on any atom is 0.122 e. The largest absolute Gasteiger partial charge is 0.496 e. The zero-order chi connectivity index (χ0) is 14.1. The van der Waals surface area contributed by atoms with Crippen LogP contribution in [0.25, 0.3) is 0 Å². The van der Waals surface area contributed by atoms with Crippen LogP contribution in [0.4, 0.5) is 0 Å². The van der Waals surface area contributed by atoms with E-state index in [9.17, 15) is 5.11 Å². The number of rotatable bonds is 4. The van der Waals surface area contributed by atoms with E-state index in [-0.39, 0.29) is 0 Å². The molecule has 20 heavy (non-hydrogen) atoms. The Balaban J connectivity index is 1.76. The van der Waals surface area contributed by atoms with Gasteiger partial charge in [0.25, 0.3) is 0 Å². The molecule has 0 aromatic heterocycles. The summed E-state index contributed by atoms with van der Waals surface area (Å²) in [5.74, 6) is 1.65. The highest BCUT2D eigenvalue weighted by Crippen LogP contribution is 2.54. The standard InChI is InChI=1S/C18H20O2/c1-12-8-9-14(10-17(12)20-2)18(19)16-11-15(16)13-6-4-3-5-7-13/h3-10,15-16,18-19H,11H2,1-2H3. The average molecular weight is 268 g/mol. The van der Waals surface area contributed by atoms with Crippen LogP contribution in [0.1, 0.15) is 35.1 Å². The highest BCUT2D eigenvalue weighted by atomic mass is 16.5. The fourth-order valence-electron chi connectivity index (χ4n) is 2.91. The van der Waals surface area contributed by atoms with Crippen LogP contribution in [0, 0.1) is 12.8 Å². The van der Waals surface area contributed by atoms with Crippen molar-refractivity contribution < 1.29 is 9.84 Å². The first-order valence-corrected chi connectivity index (χ1v) is 7.08. The van der Waals surface area contributed by atoms with E-state index < -0.39 is 6.10 Å². The fourth-order valence-corrected chi connectivity index (χ4v) is 2.91. The molecule has 0 spiro atoms. The summed E-state index contributed by atoms with van der Waals surface area (Å²) in [6.45, 7) is 2.01. The van der Waals surface area contributed by atoms with E-state index in [1.165, 1.54) is 5.56 Å². The van der Waals surface area contributed by atoms with Crippen molar-refractivity contribution in [3.05, 3.63) is 65.2 Å². The van der Waals surface area contributed by atoms with Gasteiger partial charge in [-0.1, -0.05) is 42.5 Å². The molecule has 0 bridgehead atoms. The fraction of sp³-hybridized carbons (Fsp3) is 0.333. The molecular formula is C18H20O2. The van der Waals surface area contributed by atoms with Gasteiger partial charge in [-0.2, -0.15) is 0 Å². The highest BCUT2D eigenvalue weighted by Gasteiger charge is 2.43. The molecule has 1 fully saturated rings. The number of ether oxygens (including phenoxy) is 1. The Bertz CT molecular complexity index is 592. The quantitative estimate of drug-likeness (QED) is 0.913. The van der Waals surface area contributed by atoms with Crippen molar-refractivity contribution in [3.63, 3.8) is 0 Å². The third-order valence-electron chi connectivity index (χ3n) is 4.25. The van der Waals surface area contributed by atoms with E-state index in [0.29, 0.717) is 11.8 Å². The Kier molecular flexibility index (Phi) is 3.49. The predicted octanol–water partition coefficient (Wildman–Crippen LogP) is 3.84. The van der Waals surface area contributed by atoms with Gasteiger partial charge in [-0.15, -0.1) is 0 Å². The molecule has 2 aromatic rings. The molecule has 0 aliphatic heterocycles. The van der Waals surface area contributed by atoms with Gasteiger partial charge in [0.1, 0.15) is 5.75 Å². The summed E-state index contributed by atoms with van der Waals surface area (Å²) in [5, 5.41) is 10.5. The monoisotopic (exact) mass is 268 g/mol. The summed E-state index contributed by atoms with van der Waals surface area (Å²) in [5.41, 5.74) is 3.38. The first-order valence-electron chi connectivity index (χ1n) is 7.08. The van der Waals surface area contributed by atoms with Crippen LogP contribution >= 0.6 is 0 Å². The molecule has 3 rings (SSSR count). The number of aliphatic hydroxyl groups excluding tert-OH is 1. The predicted molar refractivity (Wildman–Crippen MR) is 80.0 cm³/mol. The molecule has 3 unspecified atom stereocenters. The Labute approximate surface area is 120 Å². The summed E-state index contributed by atoms with van der Waals surface area (Å²) in [6.07, 6.45) is 0.649. The molecule has 0 radical (unpaired) electrons. The van der Waals surface area contributed by atoms with Crippen molar-refractivity contribution in [1.29, 1.82) is 0 Å². The molecule has 2 aromatic carbocycles. The highest BCUT2D eigenvalue weighted by molar-refractivity contribution is 5.39. The third-order valence-corrected chi connectivity index (χ3v) is 4.25. The molecule has 1 saturated carbocycles. The van der Waals surface area contributed by atoms with E-state index in [2.05, 4.69) is 24.3 Å². The van der Waals surface area contributed by atoms with Crippen molar-refractivity contribution in [2.24, 2.45) is 5.92 Å². The Morgan fingerprint density at radius 3 is 2.60 bits per heavy atom. The Morgan fingerprint density at radius 1 is 1.15 bits per heavy atom. The molecule has 0 heterocycles. The van der Waals surface area contributed by atoms with Crippen LogP contribution in [0.15, 0.2) is 48.5 Å². The van der Waals surface area contributed by atoms with Gasteiger partial charge in [-0.3, -0.25) is 0 Å². The van der Waals surface area contributed by atoms with Crippen molar-refractivity contribution >= 4 is 0 Å². The van der Waals surface area contributed by atoms with E-state index in [0.717, 1.165) is 23.3 Å². The Hall–Kier alpha value is -1.80. The second-order valence-corrected chi connectivity index (χ2v) is 5.59. The lowest BCUT2D eigenvalue weighted by Crippen LogP contribution is -2.02. The molecule has 0 amide bonds. The lowest BCUT2D eigenvalue weighted by atomic mass is 10.00. The average Bonchev–Trinajstić information content (AvgIpc) is 3.28. The number of hydrogen-bond acceptors (Lipinski definition) is 2. The first kappa shape index (κ1) is 13.2. The van der Waals surface area contributed by atoms with Crippen LogP contribution in [0.3, 0.4) is 0 Å². The van der Waals surface area contributed by atoms with E-state index in [4.69, 9.17) is 4.74 Å². The SMILES string of the molecule is COc1cc(C(O)C2CC2c2ccccc2)ccc1C. The molecule has 1 aliphatic rings. The number of aliphatic hydroxyl groups is 1. The molecular weight excluding hydrogens is 248 g/mol. The van der Waals surface area contributed by atoms with Gasteiger partial charge in [0.2, 0.25) is 0 Å². The molecule has 1 N–H and O–H groups in total. The van der Waals surface area contributed by atoms with Crippen molar-refractivity contribution in [2.75, 3.05) is 7.11 Å². The molecule has 104 valence electrons. The molecule has 3 atom stereocenters. The molecule has 1 aliphatic carbocycles. The Morgan fingerprint density at radius 2 is 1.90 bits per heavy atom. The van der Waals surface area contributed by atoms with Gasteiger partial charge in [-0.25, -0.2) is 0 Å².